The number of carbonyl (C=O) groups is 1. The second kappa shape index (κ2) is 11.0. The summed E-state index contributed by atoms with van der Waals surface area (Å²) in [6.07, 6.45) is 3.09. The van der Waals surface area contributed by atoms with Crippen LogP contribution in [0.1, 0.15) is 11.3 Å². The highest BCUT2D eigenvalue weighted by Crippen LogP contribution is 2.38. The molecular formula is C26H26N4O5S. The quantitative estimate of drug-likeness (QED) is 0.320. The molecule has 0 atom stereocenters. The first-order valence-electron chi connectivity index (χ1n) is 10.9. The van der Waals surface area contributed by atoms with Gasteiger partial charge in [0.2, 0.25) is 16.8 Å². The maximum Gasteiger partial charge on any atom is 0.249 e. The number of rotatable bonds is 9. The third-order valence-corrected chi connectivity index (χ3v) is 6.07. The van der Waals surface area contributed by atoms with Crippen molar-refractivity contribution < 1.29 is 23.7 Å². The fraction of sp³-hybridized carbons (Fsp3) is 0.192. The minimum absolute atomic E-state index is 0.322. The van der Waals surface area contributed by atoms with Gasteiger partial charge in [-0.25, -0.2) is 4.98 Å². The first-order valence-corrected chi connectivity index (χ1v) is 11.8. The Labute approximate surface area is 212 Å². The number of nitrogens with zero attached hydrogens (tertiary/aromatic N) is 3. The molecule has 0 aliphatic carbocycles. The fourth-order valence-electron chi connectivity index (χ4n) is 3.53. The molecule has 0 saturated carbocycles. The van der Waals surface area contributed by atoms with Gasteiger partial charge in [0.15, 0.2) is 11.5 Å². The van der Waals surface area contributed by atoms with E-state index in [1.54, 1.807) is 50.3 Å². The van der Waals surface area contributed by atoms with Crippen LogP contribution in [0.5, 0.6) is 23.0 Å². The third kappa shape index (κ3) is 5.33. The van der Waals surface area contributed by atoms with Crippen LogP contribution in [-0.2, 0) is 4.79 Å². The van der Waals surface area contributed by atoms with Crippen LogP contribution in [0, 0.1) is 6.92 Å². The zero-order valence-corrected chi connectivity index (χ0v) is 21.4. The van der Waals surface area contributed by atoms with Crippen molar-refractivity contribution in [1.29, 1.82) is 0 Å². The summed E-state index contributed by atoms with van der Waals surface area (Å²) in [7, 11) is 6.25. The van der Waals surface area contributed by atoms with Crippen molar-refractivity contribution in [1.82, 2.24) is 14.8 Å². The highest BCUT2D eigenvalue weighted by molar-refractivity contribution is 7.12. The van der Waals surface area contributed by atoms with E-state index in [1.807, 2.05) is 36.6 Å². The zero-order chi connectivity index (χ0) is 25.7. The molecule has 2 heterocycles. The van der Waals surface area contributed by atoms with E-state index in [1.165, 1.54) is 24.5 Å². The summed E-state index contributed by atoms with van der Waals surface area (Å²) in [4.78, 5) is 17.4. The molecule has 0 fully saturated rings. The number of hydrogen-bond donors (Lipinski definition) is 1. The van der Waals surface area contributed by atoms with Crippen molar-refractivity contribution in [2.24, 2.45) is 0 Å². The second-order valence-electron chi connectivity index (χ2n) is 7.61. The molecule has 1 amide bonds. The summed E-state index contributed by atoms with van der Waals surface area (Å²) < 4.78 is 22.9. The van der Waals surface area contributed by atoms with Crippen molar-refractivity contribution in [3.8, 4) is 39.4 Å². The van der Waals surface area contributed by atoms with E-state index in [2.05, 4.69) is 10.4 Å². The number of ether oxygens (including phenoxy) is 4. The Bertz CT molecular complexity index is 1370. The zero-order valence-electron chi connectivity index (χ0n) is 20.6. The van der Waals surface area contributed by atoms with E-state index in [0.29, 0.717) is 33.8 Å². The normalized spacial score (nSPS) is 10.9. The number of carbonyl (C=O) groups excluding carboxylic acids is 1. The van der Waals surface area contributed by atoms with E-state index < -0.39 is 0 Å². The van der Waals surface area contributed by atoms with Gasteiger partial charge in [-0.15, -0.1) is 11.3 Å². The van der Waals surface area contributed by atoms with Crippen LogP contribution >= 0.6 is 11.3 Å². The third-order valence-electron chi connectivity index (χ3n) is 5.26. The van der Waals surface area contributed by atoms with Crippen LogP contribution < -0.4 is 24.3 Å². The summed E-state index contributed by atoms with van der Waals surface area (Å²) in [6.45, 7) is 1.86. The van der Waals surface area contributed by atoms with Gasteiger partial charge in [0, 0.05) is 23.1 Å². The maximum absolute atomic E-state index is 12.7. The number of benzene rings is 2. The molecule has 4 aromatic rings. The van der Waals surface area contributed by atoms with E-state index in [4.69, 9.17) is 23.9 Å². The second-order valence-corrected chi connectivity index (χ2v) is 8.44. The number of thiazole rings is 1. The summed E-state index contributed by atoms with van der Waals surface area (Å²) in [5, 5.41) is 9.98. The molecule has 0 radical (unpaired) electrons. The highest BCUT2D eigenvalue weighted by atomic mass is 32.1. The molecule has 36 heavy (non-hydrogen) atoms. The Morgan fingerprint density at radius 1 is 0.972 bits per heavy atom. The molecule has 186 valence electrons. The highest BCUT2D eigenvalue weighted by Gasteiger charge is 2.15. The molecule has 0 aliphatic heterocycles. The van der Waals surface area contributed by atoms with Gasteiger partial charge in [-0.3, -0.25) is 4.79 Å². The molecule has 4 rings (SSSR count). The Morgan fingerprint density at radius 2 is 1.67 bits per heavy atom. The molecule has 0 saturated heterocycles. The van der Waals surface area contributed by atoms with Gasteiger partial charge >= 0.3 is 0 Å². The molecular weight excluding hydrogens is 480 g/mol. The predicted molar refractivity (Wildman–Crippen MR) is 140 cm³/mol. The monoisotopic (exact) mass is 506 g/mol. The van der Waals surface area contributed by atoms with Gasteiger partial charge < -0.3 is 24.3 Å². The largest absolute Gasteiger partial charge is 0.497 e. The topological polar surface area (TPSA) is 96.7 Å². The average Bonchev–Trinajstić information content (AvgIpc) is 3.53. The Morgan fingerprint density at radius 3 is 2.28 bits per heavy atom. The van der Waals surface area contributed by atoms with Crippen LogP contribution in [0.15, 0.2) is 53.9 Å². The molecule has 9 nitrogen and oxygen atoms in total. The lowest BCUT2D eigenvalue weighted by Gasteiger charge is -2.12. The summed E-state index contributed by atoms with van der Waals surface area (Å²) in [5.74, 6) is 2.46. The Hall–Kier alpha value is -4.31. The van der Waals surface area contributed by atoms with E-state index in [-0.39, 0.29) is 5.91 Å². The summed E-state index contributed by atoms with van der Waals surface area (Å²) in [5.41, 5.74) is 3.24. The molecule has 0 aliphatic rings. The molecule has 0 unspecified atom stereocenters. The Balaban J connectivity index is 1.53. The van der Waals surface area contributed by atoms with Crippen molar-refractivity contribution >= 4 is 29.1 Å². The minimum Gasteiger partial charge on any atom is -0.497 e. The van der Waals surface area contributed by atoms with Gasteiger partial charge in [0.05, 0.1) is 39.8 Å². The average molecular weight is 507 g/mol. The lowest BCUT2D eigenvalue weighted by molar-refractivity contribution is -0.111. The summed E-state index contributed by atoms with van der Waals surface area (Å²) in [6, 6.07) is 13.0. The van der Waals surface area contributed by atoms with Crippen LogP contribution in [0.25, 0.3) is 22.5 Å². The molecule has 0 bridgehead atoms. The smallest absolute Gasteiger partial charge is 0.249 e. The van der Waals surface area contributed by atoms with Crippen LogP contribution in [0.3, 0.4) is 0 Å². The SMILES string of the molecule is COc1ccc(-c2csc(-n3nc(C)cc3NC(=O)/C=C/c3cc(OC)c(OC)c(OC)c3)n2)cc1. The molecule has 2 aromatic heterocycles. The van der Waals surface area contributed by atoms with Crippen molar-refractivity contribution in [3.63, 3.8) is 0 Å². The summed E-state index contributed by atoms with van der Waals surface area (Å²) >= 11 is 1.43. The van der Waals surface area contributed by atoms with Crippen LogP contribution in [-0.4, -0.2) is 49.1 Å². The maximum atomic E-state index is 12.7. The molecule has 0 spiro atoms. The number of methoxy groups -OCH3 is 4. The lowest BCUT2D eigenvalue weighted by Crippen LogP contribution is -2.12. The number of aryl methyl sites for hydroxylation is 1. The Kier molecular flexibility index (Phi) is 7.55. The number of aromatic nitrogens is 3. The number of anilines is 1. The van der Waals surface area contributed by atoms with E-state index in [0.717, 1.165) is 22.7 Å². The van der Waals surface area contributed by atoms with Gasteiger partial charge in [-0.2, -0.15) is 9.78 Å². The van der Waals surface area contributed by atoms with Gasteiger partial charge in [-0.1, -0.05) is 0 Å². The van der Waals surface area contributed by atoms with Gasteiger partial charge in [-0.05, 0) is 55.0 Å². The number of nitrogens with one attached hydrogen (secondary N) is 1. The fourth-order valence-corrected chi connectivity index (χ4v) is 4.32. The minimum atomic E-state index is -0.322. The first kappa shape index (κ1) is 24.8. The van der Waals surface area contributed by atoms with Crippen molar-refractivity contribution in [2.45, 2.75) is 6.92 Å². The molecule has 1 N–H and O–H groups in total. The van der Waals surface area contributed by atoms with E-state index >= 15 is 0 Å². The lowest BCUT2D eigenvalue weighted by atomic mass is 10.1. The van der Waals surface area contributed by atoms with Crippen LogP contribution in [0.4, 0.5) is 5.82 Å². The standard InChI is InChI=1S/C26H26N4O5S/c1-16-12-23(28-24(31)11-6-17-13-21(33-3)25(35-5)22(14-17)34-4)30(29-16)26-27-20(15-36-26)18-7-9-19(32-2)10-8-18/h6-15H,1-5H3,(H,28,31)/b11-6+. The van der Waals surface area contributed by atoms with E-state index in [9.17, 15) is 4.79 Å². The first-order chi connectivity index (χ1) is 17.4. The van der Waals surface area contributed by atoms with Crippen molar-refractivity contribution in [2.75, 3.05) is 33.8 Å². The number of hydrogen-bond acceptors (Lipinski definition) is 8. The van der Waals surface area contributed by atoms with Crippen LogP contribution in [0.2, 0.25) is 0 Å². The number of amides is 1. The molecule has 10 heteroatoms. The van der Waals surface area contributed by atoms with Gasteiger partial charge in [0.25, 0.3) is 0 Å². The van der Waals surface area contributed by atoms with Gasteiger partial charge in [0.1, 0.15) is 11.6 Å². The van der Waals surface area contributed by atoms with Crippen molar-refractivity contribution in [3.05, 3.63) is 65.2 Å². The predicted octanol–water partition coefficient (Wildman–Crippen LogP) is 4.99. The molecule has 2 aromatic carbocycles.